The van der Waals surface area contributed by atoms with Gasteiger partial charge in [-0.15, -0.1) is 0 Å². The Morgan fingerprint density at radius 3 is 2.94 bits per heavy atom. The number of nitrogens with zero attached hydrogens (tertiary/aromatic N) is 1. The van der Waals surface area contributed by atoms with E-state index >= 15 is 0 Å². The van der Waals surface area contributed by atoms with Crippen molar-refractivity contribution >= 4 is 6.08 Å². The second kappa shape index (κ2) is 4.28. The number of hydrogen-bond acceptors (Lipinski definition) is 4. The Kier molecular flexibility index (Phi) is 2.83. The topological polar surface area (TPSA) is 47.9 Å². The molecular weight excluding hydrogens is 220 g/mol. The van der Waals surface area contributed by atoms with E-state index in [0.29, 0.717) is 11.3 Å². The fourth-order valence-corrected chi connectivity index (χ4v) is 1.47. The largest absolute Gasteiger partial charge is 0.454 e. The van der Waals surface area contributed by atoms with Crippen LogP contribution in [0.1, 0.15) is 17.6 Å². The number of ether oxygens (including phenoxy) is 2. The molecule has 0 atom stereocenters. The van der Waals surface area contributed by atoms with Crippen LogP contribution in [0.4, 0.5) is 8.78 Å². The molecular formula is C10H7F2NO3. The van der Waals surface area contributed by atoms with E-state index < -0.39 is 6.43 Å². The van der Waals surface area contributed by atoms with Crippen molar-refractivity contribution in [2.75, 3.05) is 6.79 Å². The van der Waals surface area contributed by atoms with Gasteiger partial charge >= 0.3 is 0 Å². The van der Waals surface area contributed by atoms with Crippen LogP contribution in [0.3, 0.4) is 0 Å². The summed E-state index contributed by atoms with van der Waals surface area (Å²) in [6, 6.07) is 2.47. The lowest BCUT2D eigenvalue weighted by atomic mass is 10.1. The predicted molar refractivity (Wildman–Crippen MR) is 49.3 cm³/mol. The lowest BCUT2D eigenvalue weighted by Gasteiger charge is -2.06. The van der Waals surface area contributed by atoms with Crippen LogP contribution in [-0.2, 0) is 11.3 Å². The van der Waals surface area contributed by atoms with Crippen LogP contribution in [-0.4, -0.2) is 12.9 Å². The summed E-state index contributed by atoms with van der Waals surface area (Å²) in [5.41, 5.74) is 0.217. The highest BCUT2D eigenvalue weighted by molar-refractivity contribution is 5.51. The van der Waals surface area contributed by atoms with E-state index in [2.05, 4.69) is 4.99 Å². The molecule has 0 unspecified atom stereocenters. The van der Waals surface area contributed by atoms with E-state index in [9.17, 15) is 13.6 Å². The van der Waals surface area contributed by atoms with Gasteiger partial charge in [-0.3, -0.25) is 0 Å². The van der Waals surface area contributed by atoms with E-state index in [4.69, 9.17) is 9.47 Å². The van der Waals surface area contributed by atoms with Crippen molar-refractivity contribution in [1.29, 1.82) is 0 Å². The van der Waals surface area contributed by atoms with Gasteiger partial charge in [0.25, 0.3) is 6.43 Å². The quantitative estimate of drug-likeness (QED) is 0.587. The summed E-state index contributed by atoms with van der Waals surface area (Å²) in [6.45, 7) is -0.0599. The zero-order valence-electron chi connectivity index (χ0n) is 8.07. The third-order valence-electron chi connectivity index (χ3n) is 2.14. The van der Waals surface area contributed by atoms with Gasteiger partial charge < -0.3 is 9.47 Å². The van der Waals surface area contributed by atoms with Gasteiger partial charge in [-0.1, -0.05) is 0 Å². The van der Waals surface area contributed by atoms with Crippen LogP contribution < -0.4 is 9.47 Å². The van der Waals surface area contributed by atoms with E-state index in [-0.39, 0.29) is 24.7 Å². The molecule has 0 saturated heterocycles. The Balaban J connectivity index is 2.44. The number of isocyanates is 1. The highest BCUT2D eigenvalue weighted by Gasteiger charge is 2.21. The summed E-state index contributed by atoms with van der Waals surface area (Å²) in [5.74, 6) is 0.622. The molecule has 0 aromatic heterocycles. The first kappa shape index (κ1) is 10.6. The molecule has 1 aliphatic heterocycles. The first-order valence-corrected chi connectivity index (χ1v) is 4.46. The number of hydrogen-bond donors (Lipinski definition) is 0. The molecule has 0 aliphatic carbocycles. The van der Waals surface area contributed by atoms with Gasteiger partial charge in [-0.2, -0.15) is 0 Å². The molecule has 1 aliphatic rings. The molecule has 0 saturated carbocycles. The van der Waals surface area contributed by atoms with E-state index in [0.717, 1.165) is 0 Å². The summed E-state index contributed by atoms with van der Waals surface area (Å²) >= 11 is 0. The van der Waals surface area contributed by atoms with Gasteiger partial charge in [0, 0.05) is 11.1 Å². The SMILES string of the molecule is O=C=NCc1cc(C(F)F)cc2c1OCO2. The van der Waals surface area contributed by atoms with Crippen LogP contribution in [0, 0.1) is 0 Å². The Bertz CT molecular complexity index is 456. The molecule has 0 spiro atoms. The van der Waals surface area contributed by atoms with Crippen molar-refractivity contribution in [2.45, 2.75) is 13.0 Å². The summed E-state index contributed by atoms with van der Waals surface area (Å²) < 4.78 is 35.2. The fourth-order valence-electron chi connectivity index (χ4n) is 1.47. The third kappa shape index (κ3) is 1.87. The van der Waals surface area contributed by atoms with Gasteiger partial charge in [0.05, 0.1) is 6.54 Å². The van der Waals surface area contributed by atoms with E-state index in [1.54, 1.807) is 0 Å². The Labute approximate surface area is 89.5 Å². The van der Waals surface area contributed by atoms with Crippen molar-refractivity contribution in [3.63, 3.8) is 0 Å². The summed E-state index contributed by atoms with van der Waals surface area (Å²) in [4.78, 5) is 13.3. The molecule has 2 rings (SSSR count). The highest BCUT2D eigenvalue weighted by atomic mass is 19.3. The number of fused-ring (bicyclic) bond motifs is 1. The Morgan fingerprint density at radius 2 is 2.25 bits per heavy atom. The van der Waals surface area contributed by atoms with Gasteiger partial charge in [-0.05, 0) is 12.1 Å². The van der Waals surface area contributed by atoms with Crippen molar-refractivity contribution in [1.82, 2.24) is 0 Å². The average molecular weight is 227 g/mol. The number of benzene rings is 1. The Morgan fingerprint density at radius 1 is 1.44 bits per heavy atom. The van der Waals surface area contributed by atoms with Crippen molar-refractivity contribution in [3.8, 4) is 11.5 Å². The van der Waals surface area contributed by atoms with Crippen molar-refractivity contribution < 1.29 is 23.0 Å². The Hall–Kier alpha value is -1.94. The number of halogens is 2. The molecule has 84 valence electrons. The number of alkyl halides is 2. The molecule has 0 amide bonds. The second-order valence-electron chi connectivity index (χ2n) is 3.12. The zero-order valence-corrected chi connectivity index (χ0v) is 8.07. The van der Waals surface area contributed by atoms with Crippen LogP contribution in [0.15, 0.2) is 17.1 Å². The fraction of sp³-hybridized carbons (Fsp3) is 0.300. The molecule has 1 heterocycles. The maximum absolute atomic E-state index is 12.5. The monoisotopic (exact) mass is 227 g/mol. The maximum atomic E-state index is 12.5. The van der Waals surface area contributed by atoms with Crippen molar-refractivity contribution in [2.24, 2.45) is 4.99 Å². The molecule has 16 heavy (non-hydrogen) atoms. The molecule has 0 radical (unpaired) electrons. The standard InChI is InChI=1S/C10H7F2NO3/c11-10(12)6-1-7(3-13-4-14)9-8(2-6)15-5-16-9/h1-2,10H,3,5H2. The van der Waals surface area contributed by atoms with Crippen LogP contribution >= 0.6 is 0 Å². The second-order valence-corrected chi connectivity index (χ2v) is 3.12. The van der Waals surface area contributed by atoms with Crippen LogP contribution in [0.25, 0.3) is 0 Å². The lowest BCUT2D eigenvalue weighted by molar-refractivity contribution is 0.150. The summed E-state index contributed by atoms with van der Waals surface area (Å²) in [7, 11) is 0. The highest BCUT2D eigenvalue weighted by Crippen LogP contribution is 2.39. The van der Waals surface area contributed by atoms with E-state index in [1.165, 1.54) is 18.2 Å². The van der Waals surface area contributed by atoms with Gasteiger partial charge in [0.15, 0.2) is 11.5 Å². The van der Waals surface area contributed by atoms with Gasteiger partial charge in [-0.25, -0.2) is 18.6 Å². The number of rotatable bonds is 3. The number of aliphatic imine (C=N–C) groups is 1. The zero-order chi connectivity index (χ0) is 11.5. The average Bonchev–Trinajstić information content (AvgIpc) is 2.73. The first-order chi connectivity index (χ1) is 7.72. The minimum Gasteiger partial charge on any atom is -0.454 e. The van der Waals surface area contributed by atoms with Crippen LogP contribution in [0.5, 0.6) is 11.5 Å². The van der Waals surface area contributed by atoms with Crippen molar-refractivity contribution in [3.05, 3.63) is 23.3 Å². The molecule has 0 fully saturated rings. The minimum absolute atomic E-state index is 0.0141. The molecule has 4 nitrogen and oxygen atoms in total. The van der Waals surface area contributed by atoms with Gasteiger partial charge in [0.2, 0.25) is 12.9 Å². The predicted octanol–water partition coefficient (Wildman–Crippen LogP) is 2.19. The van der Waals surface area contributed by atoms with Gasteiger partial charge in [0.1, 0.15) is 0 Å². The molecule has 6 heteroatoms. The summed E-state index contributed by atoms with van der Waals surface area (Å²) in [5, 5.41) is 0. The number of carbonyl (C=O) groups excluding carboxylic acids is 1. The summed E-state index contributed by atoms with van der Waals surface area (Å²) in [6.07, 6.45) is -1.26. The maximum Gasteiger partial charge on any atom is 0.263 e. The minimum atomic E-state index is -2.60. The molecule has 1 aromatic rings. The third-order valence-corrected chi connectivity index (χ3v) is 2.14. The molecule has 1 aromatic carbocycles. The van der Waals surface area contributed by atoms with E-state index in [1.807, 2.05) is 0 Å². The molecule has 0 N–H and O–H groups in total. The molecule has 0 bridgehead atoms. The normalized spacial score (nSPS) is 12.7. The first-order valence-electron chi connectivity index (χ1n) is 4.46. The van der Waals surface area contributed by atoms with Crippen LogP contribution in [0.2, 0.25) is 0 Å². The smallest absolute Gasteiger partial charge is 0.263 e. The lowest BCUT2D eigenvalue weighted by Crippen LogP contribution is -1.94.